The highest BCUT2D eigenvalue weighted by Crippen LogP contribution is 2.30. The van der Waals surface area contributed by atoms with E-state index in [2.05, 4.69) is 127 Å². The van der Waals surface area contributed by atoms with E-state index in [9.17, 15) is 0 Å². The average Bonchev–Trinajstić information content (AvgIpc) is 2.80. The first kappa shape index (κ1) is 25.4. The van der Waals surface area contributed by atoms with Crippen LogP contribution < -0.4 is 9.47 Å². The molecule has 178 valence electrons. The molecule has 0 heterocycles. The van der Waals surface area contributed by atoms with Crippen molar-refractivity contribution >= 4 is 24.3 Å². The standard InChI is InChI=1S/C32H38O2/c1-31(2,3)27-17-19-29(33-7)25(21-27)15-13-23-9-11-24(12-10-23)14-16-26-22-28(32(4,5)6)18-20-30(26)34-8/h9-22H,1-8H3/b15-13+,16-14+. The van der Waals surface area contributed by atoms with Crippen LogP contribution in [0.2, 0.25) is 0 Å². The van der Waals surface area contributed by atoms with Gasteiger partial charge in [0, 0.05) is 11.1 Å². The van der Waals surface area contributed by atoms with Gasteiger partial charge in [-0.3, -0.25) is 0 Å². The first-order chi connectivity index (χ1) is 16.0. The molecule has 0 radical (unpaired) electrons. The van der Waals surface area contributed by atoms with Crippen LogP contribution in [-0.2, 0) is 10.8 Å². The molecular weight excluding hydrogens is 416 g/mol. The highest BCUT2D eigenvalue weighted by molar-refractivity contribution is 5.76. The zero-order chi connectivity index (χ0) is 24.9. The predicted octanol–water partition coefficient (Wildman–Crippen LogP) is 8.64. The van der Waals surface area contributed by atoms with Gasteiger partial charge < -0.3 is 9.47 Å². The van der Waals surface area contributed by atoms with Crippen molar-refractivity contribution in [2.24, 2.45) is 0 Å². The Kier molecular flexibility index (Phi) is 7.71. The summed E-state index contributed by atoms with van der Waals surface area (Å²) in [5, 5.41) is 0. The molecule has 0 amide bonds. The highest BCUT2D eigenvalue weighted by atomic mass is 16.5. The van der Waals surface area contributed by atoms with E-state index < -0.39 is 0 Å². The lowest BCUT2D eigenvalue weighted by Gasteiger charge is -2.20. The number of rotatable bonds is 6. The number of ether oxygens (including phenoxy) is 2. The molecule has 2 nitrogen and oxygen atoms in total. The van der Waals surface area contributed by atoms with Gasteiger partial charge in [-0.1, -0.05) is 102 Å². The van der Waals surface area contributed by atoms with Crippen molar-refractivity contribution in [3.63, 3.8) is 0 Å². The summed E-state index contributed by atoms with van der Waals surface area (Å²) in [4.78, 5) is 0. The zero-order valence-corrected chi connectivity index (χ0v) is 21.9. The average molecular weight is 455 g/mol. The van der Waals surface area contributed by atoms with Gasteiger partial charge in [0.2, 0.25) is 0 Å². The van der Waals surface area contributed by atoms with Gasteiger partial charge in [0.05, 0.1) is 14.2 Å². The molecule has 2 heteroatoms. The minimum atomic E-state index is 0.0952. The molecule has 0 aliphatic heterocycles. The van der Waals surface area contributed by atoms with E-state index in [0.717, 1.165) is 33.8 Å². The van der Waals surface area contributed by atoms with Crippen LogP contribution in [0.25, 0.3) is 24.3 Å². The van der Waals surface area contributed by atoms with Gasteiger partial charge in [-0.25, -0.2) is 0 Å². The molecule has 3 aromatic carbocycles. The van der Waals surface area contributed by atoms with Gasteiger partial charge in [0.25, 0.3) is 0 Å². The Bertz CT molecular complexity index is 1070. The largest absolute Gasteiger partial charge is 0.496 e. The van der Waals surface area contributed by atoms with E-state index in [1.54, 1.807) is 14.2 Å². The smallest absolute Gasteiger partial charge is 0.126 e. The summed E-state index contributed by atoms with van der Waals surface area (Å²) >= 11 is 0. The lowest BCUT2D eigenvalue weighted by molar-refractivity contribution is 0.413. The van der Waals surface area contributed by atoms with Crippen LogP contribution in [0, 0.1) is 0 Å². The Hall–Kier alpha value is -3.26. The summed E-state index contributed by atoms with van der Waals surface area (Å²) in [5.41, 5.74) is 7.24. The van der Waals surface area contributed by atoms with Crippen LogP contribution in [0.4, 0.5) is 0 Å². The molecule has 0 atom stereocenters. The molecule has 0 saturated heterocycles. The molecule has 0 N–H and O–H groups in total. The molecule has 0 unspecified atom stereocenters. The number of methoxy groups -OCH3 is 2. The third-order valence-corrected chi connectivity index (χ3v) is 6.04. The molecule has 0 saturated carbocycles. The molecule has 3 rings (SSSR count). The van der Waals surface area contributed by atoms with Crippen molar-refractivity contribution in [3.05, 3.63) is 94.0 Å². The van der Waals surface area contributed by atoms with Gasteiger partial charge in [-0.15, -0.1) is 0 Å². The Labute approximate surface area is 206 Å². The van der Waals surface area contributed by atoms with Crippen molar-refractivity contribution in [1.29, 1.82) is 0 Å². The molecule has 34 heavy (non-hydrogen) atoms. The first-order valence-corrected chi connectivity index (χ1v) is 11.8. The molecule has 0 fully saturated rings. The van der Waals surface area contributed by atoms with Crippen LogP contribution >= 0.6 is 0 Å². The zero-order valence-electron chi connectivity index (χ0n) is 21.9. The predicted molar refractivity (Wildman–Crippen MR) is 148 cm³/mol. The molecular formula is C32H38O2. The lowest BCUT2D eigenvalue weighted by Crippen LogP contribution is -2.11. The summed E-state index contributed by atoms with van der Waals surface area (Å²) in [6.07, 6.45) is 8.52. The summed E-state index contributed by atoms with van der Waals surface area (Å²) in [6, 6.07) is 21.4. The summed E-state index contributed by atoms with van der Waals surface area (Å²) in [7, 11) is 3.44. The molecule has 3 aromatic rings. The normalized spacial score (nSPS) is 12.5. The SMILES string of the molecule is COc1ccc(C(C)(C)C)cc1/C=C/c1ccc(/C=C/c2cc(C(C)(C)C)ccc2OC)cc1. The number of hydrogen-bond donors (Lipinski definition) is 0. The fourth-order valence-electron chi connectivity index (χ4n) is 3.75. The van der Waals surface area contributed by atoms with Crippen molar-refractivity contribution < 1.29 is 9.47 Å². The maximum atomic E-state index is 5.57. The van der Waals surface area contributed by atoms with E-state index in [0.29, 0.717) is 0 Å². The first-order valence-electron chi connectivity index (χ1n) is 11.8. The molecule has 0 aliphatic carbocycles. The van der Waals surface area contributed by atoms with Crippen LogP contribution in [-0.4, -0.2) is 14.2 Å². The fraction of sp³-hybridized carbons (Fsp3) is 0.312. The topological polar surface area (TPSA) is 18.5 Å². The van der Waals surface area contributed by atoms with Gasteiger partial charge >= 0.3 is 0 Å². The third-order valence-electron chi connectivity index (χ3n) is 6.04. The highest BCUT2D eigenvalue weighted by Gasteiger charge is 2.16. The number of hydrogen-bond acceptors (Lipinski definition) is 2. The van der Waals surface area contributed by atoms with Crippen molar-refractivity contribution in [2.45, 2.75) is 52.4 Å². The van der Waals surface area contributed by atoms with Gasteiger partial charge in [0.1, 0.15) is 11.5 Å². The van der Waals surface area contributed by atoms with E-state index in [-0.39, 0.29) is 10.8 Å². The second-order valence-corrected chi connectivity index (χ2v) is 10.7. The monoisotopic (exact) mass is 454 g/mol. The van der Waals surface area contributed by atoms with E-state index in [1.165, 1.54) is 11.1 Å². The summed E-state index contributed by atoms with van der Waals surface area (Å²) < 4.78 is 11.1. The Morgan fingerprint density at radius 2 is 0.853 bits per heavy atom. The van der Waals surface area contributed by atoms with Crippen molar-refractivity contribution in [2.75, 3.05) is 14.2 Å². The number of benzene rings is 3. The van der Waals surface area contributed by atoms with E-state index in [1.807, 2.05) is 0 Å². The molecule has 0 bridgehead atoms. The van der Waals surface area contributed by atoms with Gasteiger partial charge in [0.15, 0.2) is 0 Å². The maximum absolute atomic E-state index is 5.57. The van der Waals surface area contributed by atoms with Crippen LogP contribution in [0.15, 0.2) is 60.7 Å². The second-order valence-electron chi connectivity index (χ2n) is 10.7. The van der Waals surface area contributed by atoms with Crippen LogP contribution in [0.3, 0.4) is 0 Å². The summed E-state index contributed by atoms with van der Waals surface area (Å²) in [5.74, 6) is 1.77. The lowest BCUT2D eigenvalue weighted by atomic mass is 9.86. The maximum Gasteiger partial charge on any atom is 0.126 e. The van der Waals surface area contributed by atoms with Crippen molar-refractivity contribution in [3.8, 4) is 11.5 Å². The molecule has 0 spiro atoms. The van der Waals surface area contributed by atoms with Crippen LogP contribution in [0.1, 0.15) is 74.9 Å². The molecule has 0 aliphatic rings. The van der Waals surface area contributed by atoms with Crippen molar-refractivity contribution in [1.82, 2.24) is 0 Å². The Balaban J connectivity index is 1.80. The fourth-order valence-corrected chi connectivity index (χ4v) is 3.75. The van der Waals surface area contributed by atoms with E-state index in [4.69, 9.17) is 9.47 Å². The Morgan fingerprint density at radius 1 is 0.500 bits per heavy atom. The quantitative estimate of drug-likeness (QED) is 0.347. The third kappa shape index (κ3) is 6.41. The van der Waals surface area contributed by atoms with Crippen LogP contribution in [0.5, 0.6) is 11.5 Å². The minimum absolute atomic E-state index is 0.0952. The van der Waals surface area contributed by atoms with Gasteiger partial charge in [-0.2, -0.15) is 0 Å². The van der Waals surface area contributed by atoms with Gasteiger partial charge in [-0.05, 0) is 57.3 Å². The Morgan fingerprint density at radius 3 is 1.15 bits per heavy atom. The molecule has 0 aromatic heterocycles. The minimum Gasteiger partial charge on any atom is -0.496 e. The van der Waals surface area contributed by atoms with E-state index >= 15 is 0 Å². The second kappa shape index (κ2) is 10.3. The summed E-state index contributed by atoms with van der Waals surface area (Å²) in [6.45, 7) is 13.4.